The molecule has 0 radical (unpaired) electrons. The lowest BCUT2D eigenvalue weighted by Gasteiger charge is -2.20. The second-order valence-corrected chi connectivity index (χ2v) is 4.64. The normalized spacial score (nSPS) is 22.4. The zero-order valence-corrected chi connectivity index (χ0v) is 8.49. The fourth-order valence-electron chi connectivity index (χ4n) is 0.925. The van der Waals surface area contributed by atoms with E-state index in [1.807, 2.05) is 0 Å². The lowest BCUT2D eigenvalue weighted by atomic mass is 10.3. The molecule has 0 saturated carbocycles. The summed E-state index contributed by atoms with van der Waals surface area (Å²) in [6, 6.07) is -1.42. The smallest absolute Gasteiger partial charge is 0.317 e. The van der Waals surface area contributed by atoms with E-state index in [-0.39, 0.29) is 0 Å². The van der Waals surface area contributed by atoms with Gasteiger partial charge < -0.3 is 5.73 Å². The minimum atomic E-state index is -5.73. The number of amides is 1. The molecular weight excluding hydrogens is 249 g/mol. The van der Waals surface area contributed by atoms with Gasteiger partial charge in [0.1, 0.15) is 6.04 Å². The van der Waals surface area contributed by atoms with E-state index in [1.165, 1.54) is 6.08 Å². The molecule has 9 heteroatoms. The van der Waals surface area contributed by atoms with Crippen molar-refractivity contribution < 1.29 is 26.4 Å². The molecule has 0 aromatic rings. The number of carbonyl (C=O) groups excluding carboxylic acids is 1. The Kier molecular flexibility index (Phi) is 3.10. The summed E-state index contributed by atoms with van der Waals surface area (Å²) in [7, 11) is -5.73. The van der Waals surface area contributed by atoms with Crippen LogP contribution < -0.4 is 5.73 Å². The molecule has 0 spiro atoms. The summed E-state index contributed by atoms with van der Waals surface area (Å²) in [6.07, 6.45) is 3.77. The van der Waals surface area contributed by atoms with Crippen molar-refractivity contribution in [2.75, 3.05) is 0 Å². The predicted octanol–water partition coefficient (Wildman–Crippen LogP) is 0.0754. The zero-order valence-electron chi connectivity index (χ0n) is 7.68. The summed E-state index contributed by atoms with van der Waals surface area (Å²) in [4.78, 5) is 11.3. The molecule has 0 unspecified atom stereocenters. The number of nitrogens with zero attached hydrogens (tertiary/aromatic N) is 1. The van der Waals surface area contributed by atoms with E-state index in [0.717, 1.165) is 12.2 Å². The molecule has 90 valence electrons. The van der Waals surface area contributed by atoms with Crippen molar-refractivity contribution >= 4 is 15.9 Å². The number of hydrogen-bond donors (Lipinski definition) is 1. The molecule has 1 atom stereocenters. The second kappa shape index (κ2) is 3.91. The van der Waals surface area contributed by atoms with Gasteiger partial charge in [-0.2, -0.15) is 21.6 Å². The molecule has 16 heavy (non-hydrogen) atoms. The number of nitrogens with two attached hydrogens (primary N) is 1. The molecule has 0 saturated heterocycles. The quantitative estimate of drug-likeness (QED) is 0.720. The molecule has 1 heterocycles. The summed E-state index contributed by atoms with van der Waals surface area (Å²) < 4.78 is 58.0. The Hall–Kier alpha value is -1.35. The molecule has 0 fully saturated rings. The maximum Gasteiger partial charge on any atom is 0.517 e. The maximum atomic E-state index is 12.2. The fourth-order valence-corrected chi connectivity index (χ4v) is 1.74. The number of halogens is 3. The molecule has 1 aliphatic heterocycles. The average Bonchev–Trinajstić information content (AvgIpc) is 2.28. The van der Waals surface area contributed by atoms with Crippen LogP contribution in [-0.4, -0.2) is 30.2 Å². The Morgan fingerprint density at radius 2 is 1.88 bits per heavy atom. The van der Waals surface area contributed by atoms with Gasteiger partial charge in [0.25, 0.3) is 5.91 Å². The van der Waals surface area contributed by atoms with Gasteiger partial charge in [-0.25, -0.2) is 4.31 Å². The topological polar surface area (TPSA) is 80.5 Å². The van der Waals surface area contributed by atoms with E-state index in [9.17, 15) is 26.4 Å². The number of sulfonamides is 1. The minimum Gasteiger partial charge on any atom is -0.317 e. The highest BCUT2D eigenvalue weighted by molar-refractivity contribution is 7.90. The summed E-state index contributed by atoms with van der Waals surface area (Å²) >= 11 is 0. The first kappa shape index (κ1) is 12.7. The van der Waals surface area contributed by atoms with Gasteiger partial charge in [0.2, 0.25) is 0 Å². The van der Waals surface area contributed by atoms with Crippen LogP contribution in [-0.2, 0) is 14.8 Å². The molecule has 0 aliphatic carbocycles. The van der Waals surface area contributed by atoms with Crippen molar-refractivity contribution in [2.24, 2.45) is 5.73 Å². The number of carbonyl (C=O) groups is 1. The Bertz CT molecular complexity index is 452. The first-order chi connectivity index (χ1) is 7.18. The molecule has 1 aliphatic rings. The first-order valence-corrected chi connectivity index (χ1v) is 5.37. The van der Waals surface area contributed by atoms with Crippen molar-refractivity contribution in [2.45, 2.75) is 11.6 Å². The van der Waals surface area contributed by atoms with Gasteiger partial charge in [-0.05, 0) is 6.08 Å². The fraction of sp³-hybridized carbons (Fsp3) is 0.286. The van der Waals surface area contributed by atoms with Crippen molar-refractivity contribution in [3.05, 3.63) is 24.4 Å². The third-order valence-corrected chi connectivity index (χ3v) is 3.11. The molecule has 1 amide bonds. The van der Waals surface area contributed by atoms with E-state index in [1.54, 1.807) is 0 Å². The van der Waals surface area contributed by atoms with Gasteiger partial charge in [-0.3, -0.25) is 4.79 Å². The van der Waals surface area contributed by atoms with E-state index in [0.29, 0.717) is 6.20 Å². The maximum absolute atomic E-state index is 12.2. The van der Waals surface area contributed by atoms with Crippen molar-refractivity contribution in [1.29, 1.82) is 0 Å². The van der Waals surface area contributed by atoms with Crippen LogP contribution in [0.3, 0.4) is 0 Å². The lowest BCUT2D eigenvalue weighted by molar-refractivity contribution is -0.126. The van der Waals surface area contributed by atoms with E-state index in [2.05, 4.69) is 0 Å². The Morgan fingerprint density at radius 1 is 1.31 bits per heavy atom. The highest BCUT2D eigenvalue weighted by Gasteiger charge is 2.51. The Labute approximate surface area is 89.1 Å². The molecule has 1 rings (SSSR count). The number of hydrogen-bond acceptors (Lipinski definition) is 4. The van der Waals surface area contributed by atoms with Gasteiger partial charge in [0.05, 0.1) is 0 Å². The molecule has 2 N–H and O–H groups in total. The summed E-state index contributed by atoms with van der Waals surface area (Å²) in [5.41, 5.74) is -0.386. The molecule has 0 aromatic carbocycles. The third kappa shape index (κ3) is 2.09. The van der Waals surface area contributed by atoms with E-state index in [4.69, 9.17) is 5.73 Å². The number of rotatable bonds is 1. The Morgan fingerprint density at radius 3 is 2.38 bits per heavy atom. The molecular formula is C7H7F3N2O3S. The van der Waals surface area contributed by atoms with E-state index < -0.39 is 31.8 Å². The second-order valence-electron chi connectivity index (χ2n) is 2.84. The summed E-state index contributed by atoms with van der Waals surface area (Å²) in [5.74, 6) is -1.36. The largest absolute Gasteiger partial charge is 0.517 e. The molecule has 0 aromatic heterocycles. The lowest BCUT2D eigenvalue weighted by Crippen LogP contribution is -2.47. The minimum absolute atomic E-state index is 0.405. The van der Waals surface area contributed by atoms with Crippen LogP contribution in [0.25, 0.3) is 0 Å². The van der Waals surface area contributed by atoms with Crippen LogP contribution in [0, 0.1) is 0 Å². The predicted molar refractivity (Wildman–Crippen MR) is 48.1 cm³/mol. The average molecular weight is 256 g/mol. The SMILES string of the molecule is N[C@@H]1C=CC=CN(S(=O)(=O)C(F)(F)F)C1=O. The van der Waals surface area contributed by atoms with Gasteiger partial charge >= 0.3 is 15.5 Å². The van der Waals surface area contributed by atoms with Crippen LogP contribution in [0.1, 0.15) is 0 Å². The number of allylic oxidation sites excluding steroid dienone is 2. The monoisotopic (exact) mass is 256 g/mol. The first-order valence-electron chi connectivity index (χ1n) is 3.93. The van der Waals surface area contributed by atoms with Crippen molar-refractivity contribution in [3.63, 3.8) is 0 Å². The molecule has 5 nitrogen and oxygen atoms in total. The van der Waals surface area contributed by atoms with Crippen molar-refractivity contribution in [1.82, 2.24) is 4.31 Å². The highest BCUT2D eigenvalue weighted by atomic mass is 32.2. The molecule has 0 bridgehead atoms. The van der Waals surface area contributed by atoms with E-state index >= 15 is 0 Å². The Balaban J connectivity index is 3.20. The zero-order chi connectivity index (χ0) is 12.6. The van der Waals surface area contributed by atoms with Crippen molar-refractivity contribution in [3.8, 4) is 0 Å². The summed E-state index contributed by atoms with van der Waals surface area (Å²) in [6.45, 7) is 0. The van der Waals surface area contributed by atoms with Gasteiger partial charge in [-0.1, -0.05) is 12.2 Å². The van der Waals surface area contributed by atoms with Crippen LogP contribution in [0.2, 0.25) is 0 Å². The van der Waals surface area contributed by atoms with Crippen LogP contribution in [0.4, 0.5) is 13.2 Å². The van der Waals surface area contributed by atoms with Gasteiger partial charge in [0.15, 0.2) is 0 Å². The third-order valence-electron chi connectivity index (χ3n) is 1.70. The van der Waals surface area contributed by atoms with Crippen LogP contribution >= 0.6 is 0 Å². The van der Waals surface area contributed by atoms with Crippen LogP contribution in [0.5, 0.6) is 0 Å². The standard InChI is InChI=1S/C7H7F3N2O3S/c8-7(9,10)16(14,15)12-4-2-1-3-5(11)6(12)13/h1-5H,11H2/t5-/m1/s1. The summed E-state index contributed by atoms with van der Waals surface area (Å²) in [5, 5.41) is 0. The van der Waals surface area contributed by atoms with Crippen LogP contribution in [0.15, 0.2) is 24.4 Å². The van der Waals surface area contributed by atoms with Gasteiger partial charge in [-0.15, -0.1) is 0 Å². The number of alkyl halides is 3. The van der Waals surface area contributed by atoms with Gasteiger partial charge in [0, 0.05) is 6.20 Å². The highest BCUT2D eigenvalue weighted by Crippen LogP contribution is 2.28.